The number of carbonyl (C=O) groups excluding carboxylic acids is 1. The fraction of sp³-hybridized carbons (Fsp3) is 0.545. The number of carbonyl (C=O) groups is 1. The van der Waals surface area contributed by atoms with Gasteiger partial charge in [-0.2, -0.15) is 0 Å². The van der Waals surface area contributed by atoms with E-state index in [0.29, 0.717) is 36.3 Å². The molecular weight excluding hydrogens is 336 g/mol. The Balaban J connectivity index is 2.36. The van der Waals surface area contributed by atoms with Gasteiger partial charge in [0.05, 0.1) is 18.1 Å². The van der Waals surface area contributed by atoms with Crippen LogP contribution in [0.3, 0.4) is 0 Å². The van der Waals surface area contributed by atoms with Crippen molar-refractivity contribution in [2.75, 3.05) is 25.9 Å². The number of nitrogens with one attached hydrogen (secondary N) is 1. The lowest BCUT2D eigenvalue weighted by Crippen LogP contribution is -2.33. The minimum Gasteiger partial charge on any atom is -0.457 e. The van der Waals surface area contributed by atoms with Crippen LogP contribution < -0.4 is 5.32 Å². The number of nitrogens with zero attached hydrogens (tertiary/aromatic N) is 1. The van der Waals surface area contributed by atoms with Crippen LogP contribution in [0.1, 0.15) is 23.7 Å². The molecule has 0 aliphatic heterocycles. The van der Waals surface area contributed by atoms with Gasteiger partial charge in [0.25, 0.3) is 5.91 Å². The van der Waals surface area contributed by atoms with Gasteiger partial charge in [-0.05, 0) is 28.4 Å². The van der Waals surface area contributed by atoms with Crippen molar-refractivity contribution >= 4 is 31.9 Å². The van der Waals surface area contributed by atoms with E-state index in [0.717, 1.165) is 0 Å². The van der Waals surface area contributed by atoms with Crippen molar-refractivity contribution in [3.05, 3.63) is 22.6 Å². The van der Waals surface area contributed by atoms with Crippen molar-refractivity contribution in [3.8, 4) is 0 Å². The standard InChI is InChI=1S/C11H17BrN2O4S/c1-3-14(19(2,16)17)7-4-6-13-11(15)9-5-8-18-10(9)12/h5,8H,3-4,6-7H2,1-2H3,(H,13,15). The summed E-state index contributed by atoms with van der Waals surface area (Å²) < 4.78 is 29.4. The molecule has 0 fully saturated rings. The fourth-order valence-corrected chi connectivity index (χ4v) is 2.92. The second-order valence-corrected chi connectivity index (χ2v) is 6.67. The van der Waals surface area contributed by atoms with E-state index in [1.165, 1.54) is 16.8 Å². The number of amides is 1. The van der Waals surface area contributed by atoms with Crippen LogP contribution in [0, 0.1) is 0 Å². The average Bonchev–Trinajstić information content (AvgIpc) is 2.73. The van der Waals surface area contributed by atoms with Crippen molar-refractivity contribution in [2.24, 2.45) is 0 Å². The van der Waals surface area contributed by atoms with E-state index in [4.69, 9.17) is 4.42 Å². The Morgan fingerprint density at radius 2 is 2.21 bits per heavy atom. The zero-order chi connectivity index (χ0) is 14.5. The SMILES string of the molecule is CCN(CCCNC(=O)c1ccoc1Br)S(C)(=O)=O. The van der Waals surface area contributed by atoms with Crippen LogP contribution in [-0.2, 0) is 10.0 Å². The summed E-state index contributed by atoms with van der Waals surface area (Å²) in [5.41, 5.74) is 0.426. The summed E-state index contributed by atoms with van der Waals surface area (Å²) in [6.45, 7) is 3.01. The number of furan rings is 1. The van der Waals surface area contributed by atoms with Crippen LogP contribution in [0.2, 0.25) is 0 Å². The van der Waals surface area contributed by atoms with E-state index in [1.807, 2.05) is 0 Å². The Bertz CT molecular complexity index is 527. The maximum atomic E-state index is 11.7. The largest absolute Gasteiger partial charge is 0.457 e. The molecule has 0 radical (unpaired) electrons. The van der Waals surface area contributed by atoms with Crippen LogP contribution in [0.15, 0.2) is 21.4 Å². The first-order valence-electron chi connectivity index (χ1n) is 5.82. The van der Waals surface area contributed by atoms with Crippen molar-refractivity contribution in [1.82, 2.24) is 9.62 Å². The summed E-state index contributed by atoms with van der Waals surface area (Å²) in [5, 5.41) is 2.71. The Kier molecular flexibility index (Phi) is 6.02. The van der Waals surface area contributed by atoms with Crippen molar-refractivity contribution in [3.63, 3.8) is 0 Å². The molecule has 1 N–H and O–H groups in total. The smallest absolute Gasteiger partial charge is 0.255 e. The molecule has 6 nitrogen and oxygen atoms in total. The monoisotopic (exact) mass is 352 g/mol. The lowest BCUT2D eigenvalue weighted by atomic mass is 10.3. The number of hydrogen-bond acceptors (Lipinski definition) is 4. The molecule has 1 aromatic rings. The maximum Gasteiger partial charge on any atom is 0.255 e. The van der Waals surface area contributed by atoms with Crippen molar-refractivity contribution in [1.29, 1.82) is 0 Å². The molecule has 1 heterocycles. The van der Waals surface area contributed by atoms with Gasteiger partial charge in [-0.1, -0.05) is 6.92 Å². The highest BCUT2D eigenvalue weighted by atomic mass is 79.9. The van der Waals surface area contributed by atoms with Gasteiger partial charge in [0.2, 0.25) is 10.0 Å². The highest BCUT2D eigenvalue weighted by Gasteiger charge is 2.14. The number of rotatable bonds is 7. The van der Waals surface area contributed by atoms with E-state index < -0.39 is 10.0 Å². The van der Waals surface area contributed by atoms with Crippen molar-refractivity contribution < 1.29 is 17.6 Å². The second-order valence-electron chi connectivity index (χ2n) is 3.97. The molecule has 1 amide bonds. The molecule has 19 heavy (non-hydrogen) atoms. The van der Waals surface area contributed by atoms with Gasteiger partial charge in [0, 0.05) is 19.6 Å². The number of hydrogen-bond donors (Lipinski definition) is 1. The summed E-state index contributed by atoms with van der Waals surface area (Å²) in [4.78, 5) is 11.7. The fourth-order valence-electron chi connectivity index (χ4n) is 1.57. The summed E-state index contributed by atoms with van der Waals surface area (Å²) in [6, 6.07) is 1.56. The molecule has 0 aliphatic carbocycles. The summed E-state index contributed by atoms with van der Waals surface area (Å²) in [5.74, 6) is -0.247. The molecule has 0 unspecified atom stereocenters. The van der Waals surface area contributed by atoms with Crippen LogP contribution in [0.5, 0.6) is 0 Å². The predicted molar refractivity (Wildman–Crippen MR) is 75.4 cm³/mol. The minimum absolute atomic E-state index is 0.247. The Morgan fingerprint density at radius 1 is 1.53 bits per heavy atom. The topological polar surface area (TPSA) is 79.6 Å². The first-order chi connectivity index (χ1) is 8.86. The summed E-state index contributed by atoms with van der Waals surface area (Å²) >= 11 is 3.12. The van der Waals surface area contributed by atoms with Crippen LogP contribution in [0.4, 0.5) is 0 Å². The Hall–Kier alpha value is -0.860. The zero-order valence-electron chi connectivity index (χ0n) is 10.8. The molecule has 0 saturated heterocycles. The van der Waals surface area contributed by atoms with Gasteiger partial charge < -0.3 is 9.73 Å². The van der Waals surface area contributed by atoms with Gasteiger partial charge in [0.15, 0.2) is 4.67 Å². The number of halogens is 1. The minimum atomic E-state index is -3.17. The van der Waals surface area contributed by atoms with Crippen molar-refractivity contribution in [2.45, 2.75) is 13.3 Å². The van der Waals surface area contributed by atoms with Gasteiger partial charge >= 0.3 is 0 Å². The number of sulfonamides is 1. The molecule has 0 aliphatic rings. The Labute approximate surface area is 121 Å². The van der Waals surface area contributed by atoms with Crippen LogP contribution in [0.25, 0.3) is 0 Å². The second kappa shape index (κ2) is 7.06. The molecule has 0 atom stereocenters. The highest BCUT2D eigenvalue weighted by Crippen LogP contribution is 2.16. The van der Waals surface area contributed by atoms with E-state index in [2.05, 4.69) is 21.2 Å². The molecule has 0 bridgehead atoms. The van der Waals surface area contributed by atoms with E-state index >= 15 is 0 Å². The zero-order valence-corrected chi connectivity index (χ0v) is 13.3. The van der Waals surface area contributed by atoms with Gasteiger partial charge in [-0.15, -0.1) is 0 Å². The normalized spacial score (nSPS) is 11.8. The lowest BCUT2D eigenvalue weighted by Gasteiger charge is -2.17. The molecule has 1 rings (SSSR count). The predicted octanol–water partition coefficient (Wildman–Crippen LogP) is 1.44. The third kappa shape index (κ3) is 4.96. The molecule has 108 valence electrons. The van der Waals surface area contributed by atoms with Crippen LogP contribution in [-0.4, -0.2) is 44.5 Å². The van der Waals surface area contributed by atoms with E-state index in [1.54, 1.807) is 13.0 Å². The Morgan fingerprint density at radius 3 is 2.68 bits per heavy atom. The van der Waals surface area contributed by atoms with Gasteiger partial charge in [0.1, 0.15) is 0 Å². The van der Waals surface area contributed by atoms with Gasteiger partial charge in [-0.3, -0.25) is 4.79 Å². The average molecular weight is 353 g/mol. The highest BCUT2D eigenvalue weighted by molar-refractivity contribution is 9.10. The summed E-state index contributed by atoms with van der Waals surface area (Å²) in [7, 11) is -3.17. The third-order valence-electron chi connectivity index (χ3n) is 2.55. The molecule has 0 aromatic carbocycles. The first kappa shape index (κ1) is 16.2. The quantitative estimate of drug-likeness (QED) is 0.753. The molecule has 8 heteroatoms. The van der Waals surface area contributed by atoms with Gasteiger partial charge in [-0.25, -0.2) is 12.7 Å². The third-order valence-corrected chi connectivity index (χ3v) is 4.55. The van der Waals surface area contributed by atoms with Crippen LogP contribution >= 0.6 is 15.9 Å². The first-order valence-corrected chi connectivity index (χ1v) is 8.46. The van der Waals surface area contributed by atoms with E-state index in [9.17, 15) is 13.2 Å². The van der Waals surface area contributed by atoms with E-state index in [-0.39, 0.29) is 5.91 Å². The molecular formula is C11H17BrN2O4S. The lowest BCUT2D eigenvalue weighted by molar-refractivity contribution is 0.0951. The molecule has 1 aromatic heterocycles. The summed E-state index contributed by atoms with van der Waals surface area (Å²) in [6.07, 6.45) is 3.15. The molecule has 0 spiro atoms. The maximum absolute atomic E-state index is 11.7. The molecule has 0 saturated carbocycles.